The second kappa shape index (κ2) is 6.97. The molecule has 7 nitrogen and oxygen atoms in total. The number of urea groups is 1. The van der Waals surface area contributed by atoms with Crippen LogP contribution in [0.15, 0.2) is 12.1 Å². The number of carbonyl (C=O) groups excluding carboxylic acids is 3. The van der Waals surface area contributed by atoms with Crippen LogP contribution in [0.25, 0.3) is 0 Å². The van der Waals surface area contributed by atoms with Crippen molar-refractivity contribution in [2.24, 2.45) is 0 Å². The molecule has 2 fully saturated rings. The lowest BCUT2D eigenvalue weighted by Gasteiger charge is -2.19. The van der Waals surface area contributed by atoms with E-state index in [2.05, 4.69) is 0 Å². The highest BCUT2D eigenvalue weighted by atomic mass is 35.5. The lowest BCUT2D eigenvalue weighted by atomic mass is 10.2. The molecule has 0 spiro atoms. The van der Waals surface area contributed by atoms with E-state index >= 15 is 0 Å². The Kier molecular flexibility index (Phi) is 4.91. The van der Waals surface area contributed by atoms with E-state index in [-0.39, 0.29) is 22.6 Å². The average molecular weight is 371 g/mol. The number of rotatable bonds is 5. The van der Waals surface area contributed by atoms with Gasteiger partial charge in [0.2, 0.25) is 0 Å². The Morgan fingerprint density at radius 3 is 2.52 bits per heavy atom. The number of imide groups is 2. The molecule has 1 saturated heterocycles. The van der Waals surface area contributed by atoms with Gasteiger partial charge < -0.3 is 9.47 Å². The van der Waals surface area contributed by atoms with Gasteiger partial charge in [0, 0.05) is 13.2 Å². The monoisotopic (exact) mass is 370 g/mol. The van der Waals surface area contributed by atoms with E-state index in [4.69, 9.17) is 21.1 Å². The first-order chi connectivity index (χ1) is 11.9. The van der Waals surface area contributed by atoms with Gasteiger partial charge in [0.15, 0.2) is 0 Å². The summed E-state index contributed by atoms with van der Waals surface area (Å²) in [4.78, 5) is 37.4. The number of amides is 4. The molecule has 1 aliphatic carbocycles. The van der Waals surface area contributed by atoms with Gasteiger partial charge in [-0.15, -0.1) is 0 Å². The topological polar surface area (TPSA) is 76.2 Å². The Balaban J connectivity index is 1.94. The highest BCUT2D eigenvalue weighted by molar-refractivity contribution is 6.52. The largest absolute Gasteiger partial charge is 0.489 e. The standard InChI is InChI=1S/C16H16ClFN2O5/c1-24-8-19-14(21)15(22)20(16(19)23)12-7-13(10(17)6-11(12)18)25-9-4-2-3-5-9/h6-7,9H,2-5,8H2,1H3. The minimum Gasteiger partial charge on any atom is -0.489 e. The van der Waals surface area contributed by atoms with Gasteiger partial charge in [0.1, 0.15) is 18.3 Å². The molecule has 1 aromatic rings. The van der Waals surface area contributed by atoms with Crippen LogP contribution in [0.5, 0.6) is 5.75 Å². The number of ether oxygens (including phenoxy) is 2. The summed E-state index contributed by atoms with van der Waals surface area (Å²) in [6.45, 7) is -0.402. The van der Waals surface area contributed by atoms with Crippen LogP contribution >= 0.6 is 11.6 Å². The number of nitrogens with zero attached hydrogens (tertiary/aromatic N) is 2. The zero-order valence-electron chi connectivity index (χ0n) is 13.5. The molecular formula is C16H16ClFN2O5. The van der Waals surface area contributed by atoms with E-state index in [0.29, 0.717) is 9.80 Å². The maximum atomic E-state index is 14.3. The van der Waals surface area contributed by atoms with Crippen molar-refractivity contribution in [3.63, 3.8) is 0 Å². The van der Waals surface area contributed by atoms with Crippen LogP contribution in [0.2, 0.25) is 5.02 Å². The van der Waals surface area contributed by atoms with Crippen LogP contribution in [0, 0.1) is 5.82 Å². The predicted octanol–water partition coefficient (Wildman–Crippen LogP) is 2.70. The van der Waals surface area contributed by atoms with Crippen molar-refractivity contribution in [3.05, 3.63) is 23.0 Å². The lowest BCUT2D eigenvalue weighted by Crippen LogP contribution is -2.35. The minimum absolute atomic E-state index is 0.0346. The van der Waals surface area contributed by atoms with Gasteiger partial charge >= 0.3 is 17.8 Å². The Morgan fingerprint density at radius 1 is 1.20 bits per heavy atom. The summed E-state index contributed by atoms with van der Waals surface area (Å²) in [7, 11) is 1.27. The molecular weight excluding hydrogens is 355 g/mol. The van der Waals surface area contributed by atoms with Gasteiger partial charge in [-0.3, -0.25) is 9.59 Å². The molecule has 2 aliphatic rings. The Labute approximate surface area is 148 Å². The number of hydrogen-bond acceptors (Lipinski definition) is 5. The van der Waals surface area contributed by atoms with Gasteiger partial charge in [0.25, 0.3) is 0 Å². The van der Waals surface area contributed by atoms with Crippen LogP contribution in [0.1, 0.15) is 25.7 Å². The number of carbonyl (C=O) groups is 3. The first-order valence-electron chi connectivity index (χ1n) is 7.78. The fourth-order valence-corrected chi connectivity index (χ4v) is 3.12. The van der Waals surface area contributed by atoms with Crippen molar-refractivity contribution in [2.45, 2.75) is 31.8 Å². The normalized spacial score (nSPS) is 18.6. The van der Waals surface area contributed by atoms with Gasteiger partial charge in [-0.25, -0.2) is 19.0 Å². The van der Waals surface area contributed by atoms with Gasteiger partial charge in [0.05, 0.1) is 16.8 Å². The molecule has 0 aromatic heterocycles. The zero-order valence-corrected chi connectivity index (χ0v) is 14.2. The molecule has 1 heterocycles. The summed E-state index contributed by atoms with van der Waals surface area (Å²) in [6, 6.07) is 1.16. The molecule has 0 atom stereocenters. The quantitative estimate of drug-likeness (QED) is 0.588. The summed E-state index contributed by atoms with van der Waals surface area (Å²) >= 11 is 6.02. The van der Waals surface area contributed by atoms with Crippen LogP contribution in [-0.2, 0) is 14.3 Å². The fourth-order valence-electron chi connectivity index (χ4n) is 2.93. The molecule has 0 N–H and O–H groups in total. The van der Waals surface area contributed by atoms with Gasteiger partial charge in [-0.2, -0.15) is 0 Å². The van der Waals surface area contributed by atoms with E-state index < -0.39 is 30.4 Å². The summed E-state index contributed by atoms with van der Waals surface area (Å²) in [5, 5.41) is 0.0346. The van der Waals surface area contributed by atoms with Gasteiger partial charge in [-0.1, -0.05) is 11.6 Å². The Hall–Kier alpha value is -2.19. The molecule has 3 rings (SSSR count). The second-order valence-electron chi connectivity index (χ2n) is 5.83. The van der Waals surface area contributed by atoms with Crippen molar-refractivity contribution in [3.8, 4) is 5.75 Å². The molecule has 9 heteroatoms. The van der Waals surface area contributed by atoms with E-state index in [0.717, 1.165) is 31.7 Å². The number of anilines is 1. The highest BCUT2D eigenvalue weighted by Crippen LogP contribution is 2.36. The number of hydrogen-bond donors (Lipinski definition) is 0. The van der Waals surface area contributed by atoms with Crippen molar-refractivity contribution in [2.75, 3.05) is 18.7 Å². The number of halogens is 2. The molecule has 0 unspecified atom stereocenters. The maximum absolute atomic E-state index is 14.3. The number of methoxy groups -OCH3 is 1. The molecule has 134 valence electrons. The predicted molar refractivity (Wildman–Crippen MR) is 85.9 cm³/mol. The SMILES string of the molecule is COCN1C(=O)C(=O)N(c2cc(OC3CCCC3)c(Cl)cc2F)C1=O. The molecule has 4 amide bonds. The van der Waals surface area contributed by atoms with Crippen molar-refractivity contribution >= 4 is 35.1 Å². The molecule has 25 heavy (non-hydrogen) atoms. The minimum atomic E-state index is -1.16. The van der Waals surface area contributed by atoms with E-state index in [1.807, 2.05) is 0 Å². The van der Waals surface area contributed by atoms with Crippen molar-refractivity contribution in [1.82, 2.24) is 4.90 Å². The van der Waals surface area contributed by atoms with Crippen molar-refractivity contribution < 1.29 is 28.2 Å². The molecule has 1 aliphatic heterocycles. The van der Waals surface area contributed by atoms with Crippen LogP contribution < -0.4 is 9.64 Å². The third-order valence-corrected chi connectivity index (χ3v) is 4.45. The summed E-state index contributed by atoms with van der Waals surface area (Å²) < 4.78 is 24.8. The third kappa shape index (κ3) is 3.19. The maximum Gasteiger partial charge on any atom is 0.340 e. The first kappa shape index (κ1) is 17.6. The molecule has 0 bridgehead atoms. The van der Waals surface area contributed by atoms with Crippen LogP contribution in [0.3, 0.4) is 0 Å². The fraction of sp³-hybridized carbons (Fsp3) is 0.438. The van der Waals surface area contributed by atoms with Crippen molar-refractivity contribution in [1.29, 1.82) is 0 Å². The summed E-state index contributed by atoms with van der Waals surface area (Å²) in [5.41, 5.74) is -0.376. The second-order valence-corrected chi connectivity index (χ2v) is 6.24. The first-order valence-corrected chi connectivity index (χ1v) is 8.16. The smallest absolute Gasteiger partial charge is 0.340 e. The van der Waals surface area contributed by atoms with Crippen LogP contribution in [0.4, 0.5) is 14.9 Å². The lowest BCUT2D eigenvalue weighted by molar-refractivity contribution is -0.141. The van der Waals surface area contributed by atoms with Crippen LogP contribution in [-0.4, -0.2) is 42.7 Å². The Morgan fingerprint density at radius 2 is 1.88 bits per heavy atom. The Bertz CT molecular complexity index is 735. The molecule has 0 radical (unpaired) electrons. The molecule has 1 saturated carbocycles. The van der Waals surface area contributed by atoms with Gasteiger partial charge in [-0.05, 0) is 31.7 Å². The summed E-state index contributed by atoms with van der Waals surface area (Å²) in [5.74, 6) is -2.98. The summed E-state index contributed by atoms with van der Waals surface area (Å²) in [6.07, 6.45) is 3.71. The molecule has 1 aromatic carbocycles. The van der Waals surface area contributed by atoms with E-state index in [1.54, 1.807) is 0 Å². The average Bonchev–Trinajstić information content (AvgIpc) is 3.15. The third-order valence-electron chi connectivity index (χ3n) is 4.15. The van der Waals surface area contributed by atoms with E-state index in [9.17, 15) is 18.8 Å². The highest BCUT2D eigenvalue weighted by Gasteiger charge is 2.46. The van der Waals surface area contributed by atoms with E-state index in [1.165, 1.54) is 13.2 Å². The zero-order chi connectivity index (χ0) is 18.1. The number of benzene rings is 1.